The number of nitrogens with two attached hydrogens (primary N) is 1. The van der Waals surface area contributed by atoms with E-state index in [-0.39, 0.29) is 0 Å². The summed E-state index contributed by atoms with van der Waals surface area (Å²) in [6.07, 6.45) is 3.74. The zero-order chi connectivity index (χ0) is 8.27. The van der Waals surface area contributed by atoms with Crippen molar-refractivity contribution in [2.45, 2.75) is 32.2 Å². The summed E-state index contributed by atoms with van der Waals surface area (Å²) in [5, 5.41) is 0. The lowest BCUT2D eigenvalue weighted by Gasteiger charge is -2.25. The SMILES string of the molecule is C=C(N)C(CC)N1CCCC1. The van der Waals surface area contributed by atoms with Crippen LogP contribution in [-0.2, 0) is 0 Å². The molecular weight excluding hydrogens is 136 g/mol. The second kappa shape index (κ2) is 3.77. The molecule has 2 N–H and O–H groups in total. The highest BCUT2D eigenvalue weighted by Crippen LogP contribution is 2.16. The van der Waals surface area contributed by atoms with Gasteiger partial charge in [-0.1, -0.05) is 13.5 Å². The van der Waals surface area contributed by atoms with Crippen LogP contribution in [0.2, 0.25) is 0 Å². The summed E-state index contributed by atoms with van der Waals surface area (Å²) in [6.45, 7) is 8.38. The van der Waals surface area contributed by atoms with E-state index in [9.17, 15) is 0 Å². The summed E-state index contributed by atoms with van der Waals surface area (Å²) in [7, 11) is 0. The van der Waals surface area contributed by atoms with Gasteiger partial charge in [-0.3, -0.25) is 4.90 Å². The quantitative estimate of drug-likeness (QED) is 0.664. The fourth-order valence-corrected chi connectivity index (χ4v) is 1.81. The molecule has 0 radical (unpaired) electrons. The summed E-state index contributed by atoms with van der Waals surface area (Å²) in [5.74, 6) is 0. The van der Waals surface area contributed by atoms with Crippen LogP contribution in [0.25, 0.3) is 0 Å². The predicted molar refractivity (Wildman–Crippen MR) is 48.2 cm³/mol. The van der Waals surface area contributed by atoms with Crippen LogP contribution < -0.4 is 5.73 Å². The van der Waals surface area contributed by atoms with Crippen LogP contribution in [0.3, 0.4) is 0 Å². The van der Waals surface area contributed by atoms with Gasteiger partial charge in [0.05, 0.1) is 0 Å². The highest BCUT2D eigenvalue weighted by molar-refractivity contribution is 5.01. The average Bonchev–Trinajstić information content (AvgIpc) is 2.40. The molecule has 0 aliphatic carbocycles. The first kappa shape index (κ1) is 8.60. The molecule has 1 aliphatic heterocycles. The zero-order valence-corrected chi connectivity index (χ0v) is 7.34. The Morgan fingerprint density at radius 1 is 1.55 bits per heavy atom. The van der Waals surface area contributed by atoms with Crippen LogP contribution in [0.4, 0.5) is 0 Å². The van der Waals surface area contributed by atoms with E-state index < -0.39 is 0 Å². The topological polar surface area (TPSA) is 29.3 Å². The Kier molecular flexibility index (Phi) is 2.94. The molecule has 0 aromatic heterocycles. The van der Waals surface area contributed by atoms with Crippen LogP contribution in [-0.4, -0.2) is 24.0 Å². The van der Waals surface area contributed by atoms with Gasteiger partial charge in [0.15, 0.2) is 0 Å². The van der Waals surface area contributed by atoms with E-state index in [1.54, 1.807) is 0 Å². The molecule has 0 aromatic carbocycles. The van der Waals surface area contributed by atoms with Crippen molar-refractivity contribution in [2.24, 2.45) is 5.73 Å². The van der Waals surface area contributed by atoms with E-state index in [0.717, 1.165) is 12.1 Å². The van der Waals surface area contributed by atoms with Crippen molar-refractivity contribution < 1.29 is 0 Å². The molecule has 1 atom stereocenters. The minimum atomic E-state index is 0.428. The molecule has 1 aliphatic rings. The maximum Gasteiger partial charge on any atom is 0.0484 e. The minimum Gasteiger partial charge on any atom is -0.401 e. The number of likely N-dealkylation sites (tertiary alicyclic amines) is 1. The molecule has 1 fully saturated rings. The molecule has 1 saturated heterocycles. The summed E-state index contributed by atoms with van der Waals surface area (Å²) >= 11 is 0. The van der Waals surface area contributed by atoms with Crippen LogP contribution in [0, 0.1) is 0 Å². The first-order valence-electron chi connectivity index (χ1n) is 4.44. The Balaban J connectivity index is 2.46. The van der Waals surface area contributed by atoms with Crippen LogP contribution >= 0.6 is 0 Å². The molecule has 1 rings (SSSR count). The Morgan fingerprint density at radius 3 is 2.45 bits per heavy atom. The summed E-state index contributed by atoms with van der Waals surface area (Å²) < 4.78 is 0. The fourth-order valence-electron chi connectivity index (χ4n) is 1.81. The van der Waals surface area contributed by atoms with Crippen molar-refractivity contribution in [1.82, 2.24) is 4.90 Å². The van der Waals surface area contributed by atoms with Crippen molar-refractivity contribution in [3.05, 3.63) is 12.3 Å². The first-order valence-corrected chi connectivity index (χ1v) is 4.44. The number of rotatable bonds is 3. The molecule has 0 saturated carbocycles. The number of hydrogen-bond acceptors (Lipinski definition) is 2. The Hall–Kier alpha value is -0.500. The lowest BCUT2D eigenvalue weighted by atomic mass is 10.1. The number of nitrogens with zero attached hydrogens (tertiary/aromatic N) is 1. The molecule has 1 unspecified atom stereocenters. The van der Waals surface area contributed by atoms with E-state index in [1.807, 2.05) is 0 Å². The molecule has 64 valence electrons. The molecule has 0 spiro atoms. The van der Waals surface area contributed by atoms with Crippen LogP contribution in [0.15, 0.2) is 12.3 Å². The maximum atomic E-state index is 5.69. The molecule has 0 aromatic rings. The molecule has 1 heterocycles. The monoisotopic (exact) mass is 154 g/mol. The van der Waals surface area contributed by atoms with E-state index in [1.165, 1.54) is 25.9 Å². The average molecular weight is 154 g/mol. The smallest absolute Gasteiger partial charge is 0.0484 e. The van der Waals surface area contributed by atoms with Crippen molar-refractivity contribution >= 4 is 0 Å². The van der Waals surface area contributed by atoms with E-state index in [4.69, 9.17) is 5.73 Å². The predicted octanol–water partition coefficient (Wildman–Crippen LogP) is 1.33. The van der Waals surface area contributed by atoms with Gasteiger partial charge in [-0.05, 0) is 32.4 Å². The van der Waals surface area contributed by atoms with Crippen molar-refractivity contribution in [3.8, 4) is 0 Å². The molecule has 2 heteroatoms. The minimum absolute atomic E-state index is 0.428. The second-order valence-corrected chi connectivity index (χ2v) is 3.24. The van der Waals surface area contributed by atoms with Gasteiger partial charge < -0.3 is 5.73 Å². The molecule has 11 heavy (non-hydrogen) atoms. The maximum absolute atomic E-state index is 5.69. The molecular formula is C9H18N2. The van der Waals surface area contributed by atoms with Gasteiger partial charge in [0.25, 0.3) is 0 Å². The van der Waals surface area contributed by atoms with Gasteiger partial charge in [0.1, 0.15) is 0 Å². The van der Waals surface area contributed by atoms with Crippen LogP contribution in [0.1, 0.15) is 26.2 Å². The zero-order valence-electron chi connectivity index (χ0n) is 7.34. The third-order valence-electron chi connectivity index (χ3n) is 2.40. The van der Waals surface area contributed by atoms with Crippen molar-refractivity contribution in [1.29, 1.82) is 0 Å². The van der Waals surface area contributed by atoms with E-state index >= 15 is 0 Å². The number of hydrogen-bond donors (Lipinski definition) is 1. The first-order chi connectivity index (χ1) is 5.25. The Bertz CT molecular complexity index is 136. The van der Waals surface area contributed by atoms with Gasteiger partial charge in [0.2, 0.25) is 0 Å². The van der Waals surface area contributed by atoms with Gasteiger partial charge in [0, 0.05) is 11.7 Å². The normalized spacial score (nSPS) is 21.9. The van der Waals surface area contributed by atoms with Gasteiger partial charge in [-0.25, -0.2) is 0 Å². The summed E-state index contributed by atoms with van der Waals surface area (Å²) in [5.41, 5.74) is 6.52. The van der Waals surface area contributed by atoms with Gasteiger partial charge in [-0.15, -0.1) is 0 Å². The van der Waals surface area contributed by atoms with E-state index in [2.05, 4.69) is 18.4 Å². The second-order valence-electron chi connectivity index (χ2n) is 3.24. The van der Waals surface area contributed by atoms with Gasteiger partial charge >= 0.3 is 0 Å². The summed E-state index contributed by atoms with van der Waals surface area (Å²) in [4.78, 5) is 2.43. The highest BCUT2D eigenvalue weighted by atomic mass is 15.2. The Labute approximate surface area is 69.1 Å². The summed E-state index contributed by atoms with van der Waals surface area (Å²) in [6, 6.07) is 0.428. The lowest BCUT2D eigenvalue weighted by molar-refractivity contribution is 0.266. The van der Waals surface area contributed by atoms with Crippen LogP contribution in [0.5, 0.6) is 0 Å². The fraction of sp³-hybridized carbons (Fsp3) is 0.778. The van der Waals surface area contributed by atoms with Crippen molar-refractivity contribution in [2.75, 3.05) is 13.1 Å². The lowest BCUT2D eigenvalue weighted by Crippen LogP contribution is -2.35. The molecule has 2 nitrogen and oxygen atoms in total. The van der Waals surface area contributed by atoms with Gasteiger partial charge in [-0.2, -0.15) is 0 Å². The Morgan fingerprint density at radius 2 is 2.09 bits per heavy atom. The standard InChI is InChI=1S/C9H18N2/c1-3-9(8(2)10)11-6-4-5-7-11/h9H,2-7,10H2,1H3. The molecule has 0 amide bonds. The largest absolute Gasteiger partial charge is 0.401 e. The molecule has 0 bridgehead atoms. The van der Waals surface area contributed by atoms with E-state index in [0.29, 0.717) is 6.04 Å². The highest BCUT2D eigenvalue weighted by Gasteiger charge is 2.20. The van der Waals surface area contributed by atoms with Crippen molar-refractivity contribution in [3.63, 3.8) is 0 Å². The third-order valence-corrected chi connectivity index (χ3v) is 2.40. The third kappa shape index (κ3) is 1.96.